The second-order valence-corrected chi connectivity index (χ2v) is 28.6. The van der Waals surface area contributed by atoms with E-state index < -0.39 is 63.8 Å². The summed E-state index contributed by atoms with van der Waals surface area (Å²) in [5, 5.41) is 0. The maximum Gasteiger partial charge on any atom is 0.335 e. The molecule has 2 heterocycles. The van der Waals surface area contributed by atoms with Gasteiger partial charge in [-0.3, -0.25) is 9.59 Å². The predicted molar refractivity (Wildman–Crippen MR) is 209 cm³/mol. The molecule has 0 amide bonds. The summed E-state index contributed by atoms with van der Waals surface area (Å²) < 4.78 is 49.7. The van der Waals surface area contributed by atoms with E-state index in [1.807, 2.05) is 47.6 Å². The molecule has 0 N–H and O–H groups in total. The molecule has 0 bridgehead atoms. The lowest BCUT2D eigenvalue weighted by Gasteiger charge is -2.55. The average molecular weight is 854 g/mol. The largest absolute Gasteiger partial charge is 0.462 e. The third-order valence-corrected chi connectivity index (χ3v) is 21.9. The molecule has 2 fully saturated rings. The summed E-state index contributed by atoms with van der Waals surface area (Å²) in [6.45, 7) is 32.7. The van der Waals surface area contributed by atoms with Gasteiger partial charge in [-0.05, 0) is 120 Å². The molecule has 13 heteroatoms. The van der Waals surface area contributed by atoms with Crippen LogP contribution in [0.15, 0.2) is 9.66 Å². The van der Waals surface area contributed by atoms with Crippen molar-refractivity contribution in [3.8, 4) is 0 Å². The van der Waals surface area contributed by atoms with E-state index in [1.54, 1.807) is 0 Å². The van der Waals surface area contributed by atoms with Crippen LogP contribution in [0.2, 0.25) is 22.2 Å². The van der Waals surface area contributed by atoms with Crippen LogP contribution in [-0.2, 0) is 41.5 Å². The number of esters is 2. The number of fused-ring (bicyclic) bond motifs is 1. The highest BCUT2D eigenvalue weighted by molar-refractivity contribution is 14.1. The third kappa shape index (κ3) is 8.77. The average Bonchev–Trinajstić information content (AvgIpc) is 3.12. The van der Waals surface area contributed by atoms with Crippen LogP contribution >= 0.6 is 22.6 Å². The van der Waals surface area contributed by atoms with Gasteiger partial charge in [0.25, 0.3) is 0 Å². The van der Waals surface area contributed by atoms with Gasteiger partial charge in [0, 0.05) is 10.0 Å². The Labute approximate surface area is 319 Å². The van der Waals surface area contributed by atoms with Gasteiger partial charge in [-0.25, -0.2) is 0 Å². The number of halogens is 1. The molecule has 0 aromatic heterocycles. The molecule has 0 radical (unpaired) electrons. The molecule has 3 rings (SSSR count). The van der Waals surface area contributed by atoms with Crippen LogP contribution in [0.5, 0.6) is 0 Å². The van der Waals surface area contributed by atoms with Gasteiger partial charge in [0.2, 0.25) is 0 Å². The van der Waals surface area contributed by atoms with Crippen molar-refractivity contribution in [2.24, 2.45) is 10.8 Å². The van der Waals surface area contributed by atoms with Crippen molar-refractivity contribution in [1.82, 2.24) is 4.90 Å². The summed E-state index contributed by atoms with van der Waals surface area (Å²) in [5.74, 6) is -0.672. The SMILES string of the molecule is CC(C)[Si]1(C(C)C)O[C@H]2[C@H](O[C@]3(COC(=O)C(C)(C)C)C[C@H](OC(=O)C(C)(C)C)C=C3I)OC(C)(C)[C@@H](N(C)C)[C@H]2O[Si](C(C)C)(C(C)C)O1. The Balaban J connectivity index is 2.24. The Morgan fingerprint density at radius 3 is 1.74 bits per heavy atom. The normalized spacial score (nSPS) is 31.2. The fraction of sp³-hybridized carbons (Fsp3) is 0.892. The summed E-state index contributed by atoms with van der Waals surface area (Å²) in [5.41, 5.74) is -2.80. The number of ether oxygens (including phenoxy) is 4. The molecule has 50 heavy (non-hydrogen) atoms. The zero-order chi connectivity index (χ0) is 38.6. The van der Waals surface area contributed by atoms with E-state index in [9.17, 15) is 9.59 Å². The van der Waals surface area contributed by atoms with Crippen molar-refractivity contribution in [3.05, 3.63) is 9.66 Å². The number of nitrogens with zero attached hydrogens (tertiary/aromatic N) is 1. The molecule has 0 saturated carbocycles. The molecule has 2 saturated heterocycles. The molecule has 0 aromatic rings. The van der Waals surface area contributed by atoms with E-state index >= 15 is 0 Å². The zero-order valence-electron chi connectivity index (χ0n) is 34.2. The van der Waals surface area contributed by atoms with Crippen LogP contribution < -0.4 is 0 Å². The van der Waals surface area contributed by atoms with Crippen LogP contribution in [0.3, 0.4) is 0 Å². The summed E-state index contributed by atoms with van der Waals surface area (Å²) in [6, 6.07) is -0.196. The number of carbonyl (C=O) groups is 2. The molecule has 0 unspecified atom stereocenters. The van der Waals surface area contributed by atoms with Crippen LogP contribution in [0.4, 0.5) is 0 Å². The molecule has 290 valence electrons. The second kappa shape index (κ2) is 15.4. The summed E-state index contributed by atoms with van der Waals surface area (Å²) in [7, 11) is -1.88. The van der Waals surface area contributed by atoms with Gasteiger partial charge in [0.15, 0.2) is 6.29 Å². The molecular weight excluding hydrogens is 785 g/mol. The van der Waals surface area contributed by atoms with Crippen molar-refractivity contribution in [2.75, 3.05) is 20.7 Å². The first-order valence-electron chi connectivity index (χ1n) is 18.4. The number of carbonyl (C=O) groups excluding carboxylic acids is 2. The van der Waals surface area contributed by atoms with Gasteiger partial charge < -0.3 is 36.8 Å². The smallest absolute Gasteiger partial charge is 0.335 e. The Bertz CT molecular complexity index is 1240. The van der Waals surface area contributed by atoms with Crippen molar-refractivity contribution in [2.45, 2.75) is 181 Å². The summed E-state index contributed by atoms with van der Waals surface area (Å²) >= 11 is 2.23. The van der Waals surface area contributed by atoms with Gasteiger partial charge in [0.1, 0.15) is 24.4 Å². The van der Waals surface area contributed by atoms with Gasteiger partial charge in [0.05, 0.1) is 28.6 Å². The monoisotopic (exact) mass is 853 g/mol. The molecule has 0 spiro atoms. The highest BCUT2D eigenvalue weighted by Gasteiger charge is 2.66. The minimum absolute atomic E-state index is 0.0821. The minimum Gasteiger partial charge on any atom is -0.462 e. The highest BCUT2D eigenvalue weighted by Crippen LogP contribution is 2.52. The number of rotatable bonds is 10. The Morgan fingerprint density at radius 2 is 1.32 bits per heavy atom. The van der Waals surface area contributed by atoms with E-state index in [1.165, 1.54) is 0 Å². The lowest BCUT2D eigenvalue weighted by Crippen LogP contribution is -2.70. The van der Waals surface area contributed by atoms with Crippen LogP contribution in [0.1, 0.15) is 117 Å². The lowest BCUT2D eigenvalue weighted by molar-refractivity contribution is -0.328. The van der Waals surface area contributed by atoms with Gasteiger partial charge in [-0.15, -0.1) is 0 Å². The van der Waals surface area contributed by atoms with E-state index in [2.05, 4.69) is 111 Å². The Hall–Kier alpha value is -0.396. The van der Waals surface area contributed by atoms with E-state index in [0.717, 1.165) is 3.58 Å². The Kier molecular flexibility index (Phi) is 13.5. The first kappa shape index (κ1) is 44.0. The van der Waals surface area contributed by atoms with Crippen molar-refractivity contribution >= 4 is 51.7 Å². The standard InChI is InChI=1S/C37H68INO9Si2/c1-22(2)49(23(3)4)46-28-29(47-50(48-49,24(5)6)25(7)8)31(44-36(15,16)30(28)39(17)18)45-37(21-42-32(40)34(9,10)11)20-26(19-27(37)38)43-33(41)35(12,13)14/h19,22-26,28-31H,20-21H2,1-18H3/t26-,28+,29-,30+,31+,37+/m1/s1. The van der Waals surface area contributed by atoms with Crippen LogP contribution in [0.25, 0.3) is 0 Å². The number of likely N-dealkylation sites (N-methyl/N-ethyl adjacent to an activating group) is 1. The molecular formula is C37H68INO9Si2. The first-order valence-corrected chi connectivity index (χ1v) is 23.4. The van der Waals surface area contributed by atoms with Crippen LogP contribution in [-0.4, -0.2) is 96.5 Å². The zero-order valence-corrected chi connectivity index (χ0v) is 38.3. The fourth-order valence-electron chi connectivity index (χ4n) is 7.57. The molecule has 6 atom stereocenters. The van der Waals surface area contributed by atoms with Crippen molar-refractivity contribution < 1.29 is 41.5 Å². The van der Waals surface area contributed by atoms with Gasteiger partial charge in [-0.2, -0.15) is 0 Å². The van der Waals surface area contributed by atoms with Gasteiger partial charge >= 0.3 is 29.1 Å². The van der Waals surface area contributed by atoms with E-state index in [4.69, 9.17) is 31.9 Å². The van der Waals surface area contributed by atoms with Crippen molar-refractivity contribution in [1.29, 1.82) is 0 Å². The minimum atomic E-state index is -3.04. The maximum atomic E-state index is 13.2. The highest BCUT2D eigenvalue weighted by atomic mass is 127. The first-order chi connectivity index (χ1) is 22.6. The van der Waals surface area contributed by atoms with Crippen molar-refractivity contribution in [3.63, 3.8) is 0 Å². The summed E-state index contributed by atoms with van der Waals surface area (Å²) in [6.07, 6.45) is -0.465. The van der Waals surface area contributed by atoms with E-state index in [0.29, 0.717) is 0 Å². The third-order valence-electron chi connectivity index (χ3n) is 10.3. The molecule has 2 aliphatic heterocycles. The number of hydrogen-bond acceptors (Lipinski definition) is 10. The molecule has 10 nitrogen and oxygen atoms in total. The topological polar surface area (TPSA) is 102 Å². The maximum absolute atomic E-state index is 13.2. The van der Waals surface area contributed by atoms with Crippen LogP contribution in [0, 0.1) is 10.8 Å². The Morgan fingerprint density at radius 1 is 0.860 bits per heavy atom. The van der Waals surface area contributed by atoms with E-state index in [-0.39, 0.29) is 53.2 Å². The predicted octanol–water partition coefficient (Wildman–Crippen LogP) is 8.40. The molecule has 1 aliphatic carbocycles. The molecule has 0 aromatic carbocycles. The van der Waals surface area contributed by atoms with Gasteiger partial charge in [-0.1, -0.05) is 55.4 Å². The quantitative estimate of drug-likeness (QED) is 0.121. The second-order valence-electron chi connectivity index (χ2n) is 18.7. The fourth-order valence-corrected chi connectivity index (χ4v) is 19.7. The summed E-state index contributed by atoms with van der Waals surface area (Å²) in [4.78, 5) is 28.4. The number of hydrogen-bond donors (Lipinski definition) is 0. The molecule has 3 aliphatic rings. The lowest BCUT2D eigenvalue weighted by atomic mass is 9.86.